The Labute approximate surface area is 318 Å². The Balaban J connectivity index is 0.00000149. The number of nitrogens with two attached hydrogens (primary N) is 1. The highest BCUT2D eigenvalue weighted by molar-refractivity contribution is 6.39. The highest BCUT2D eigenvalue weighted by Crippen LogP contribution is 2.27. The molecule has 0 fully saturated rings. The molecule has 3 rings (SSSR count). The number of halogens is 2. The molecule has 0 aliphatic carbocycles. The van der Waals surface area contributed by atoms with Crippen LogP contribution in [0.25, 0.3) is 11.1 Å². The number of hydrogen-bond donors (Lipinski definition) is 4. The molecule has 0 aliphatic heterocycles. The van der Waals surface area contributed by atoms with Crippen molar-refractivity contribution in [2.45, 2.75) is 12.5 Å². The highest BCUT2D eigenvalue weighted by atomic mass is 35.5. The molecule has 0 saturated heterocycles. The number of amides is 3. The van der Waals surface area contributed by atoms with E-state index in [2.05, 4.69) is 32.6 Å². The van der Waals surface area contributed by atoms with Crippen LogP contribution in [0.15, 0.2) is 60.3 Å². The van der Waals surface area contributed by atoms with Gasteiger partial charge >= 0.3 is 0 Å². The van der Waals surface area contributed by atoms with Gasteiger partial charge in [-0.1, -0.05) is 54.0 Å². The number of aromatic nitrogens is 3. The van der Waals surface area contributed by atoms with Crippen molar-refractivity contribution in [2.24, 2.45) is 12.8 Å². The minimum absolute atomic E-state index is 0.0114. The summed E-state index contributed by atoms with van der Waals surface area (Å²) < 4.78 is 28.3. The lowest BCUT2D eigenvalue weighted by Crippen LogP contribution is -2.48. The molecule has 0 aliphatic rings. The molecule has 5 N–H and O–H groups in total. The van der Waals surface area contributed by atoms with Gasteiger partial charge < -0.3 is 45.4 Å². The topological polar surface area (TPSA) is 207 Å². The van der Waals surface area contributed by atoms with Crippen LogP contribution in [-0.2, 0) is 42.0 Å². The van der Waals surface area contributed by atoms with Crippen molar-refractivity contribution in [1.82, 2.24) is 30.7 Å². The standard InChI is InChI=1S/C31H40Cl2N6O8.C4H7NO/c1-39-31(42)27(26(20-37-39)47-16-15-46-14-13-45-12-11-44-9-7-34)22-5-3-21(4-6-22)17-25(29(40)36-8-10-43-2)38-30(41)28-23(32)18-35-19-24(28)33;1-3-4(6)5-2/h3-6,18-20,25H,7-17,34H2,1-2H3,(H,36,40)(H,38,41);3H,1H2,2H3,(H,5,6). The maximum atomic E-state index is 13.1. The predicted molar refractivity (Wildman–Crippen MR) is 200 cm³/mol. The zero-order valence-electron chi connectivity index (χ0n) is 30.0. The first-order chi connectivity index (χ1) is 25.6. The Morgan fingerprint density at radius 3 is 2.09 bits per heavy atom. The average molecular weight is 781 g/mol. The summed E-state index contributed by atoms with van der Waals surface area (Å²) in [5, 5.41) is 12.0. The molecule has 2 aromatic heterocycles. The molecule has 0 radical (unpaired) electrons. The van der Waals surface area contributed by atoms with Gasteiger partial charge in [0, 0.05) is 53.1 Å². The van der Waals surface area contributed by atoms with Crippen LogP contribution in [0, 0.1) is 0 Å². The van der Waals surface area contributed by atoms with Gasteiger partial charge in [-0.05, 0) is 17.2 Å². The summed E-state index contributed by atoms with van der Waals surface area (Å²) in [6.07, 6.45) is 5.41. The van der Waals surface area contributed by atoms with Gasteiger partial charge in [0.25, 0.3) is 11.5 Å². The molecule has 3 aromatic rings. The van der Waals surface area contributed by atoms with Gasteiger partial charge in [-0.3, -0.25) is 24.2 Å². The Morgan fingerprint density at radius 2 is 1.55 bits per heavy atom. The van der Waals surface area contributed by atoms with Gasteiger partial charge in [-0.15, -0.1) is 0 Å². The van der Waals surface area contributed by atoms with Crippen LogP contribution >= 0.6 is 23.2 Å². The Morgan fingerprint density at radius 1 is 0.943 bits per heavy atom. The number of carbonyl (C=O) groups excluding carboxylic acids is 3. The number of nitrogens with one attached hydrogen (secondary N) is 3. The summed E-state index contributed by atoms with van der Waals surface area (Å²) >= 11 is 12.3. The summed E-state index contributed by atoms with van der Waals surface area (Å²) in [7, 11) is 4.62. The summed E-state index contributed by atoms with van der Waals surface area (Å²) in [5.74, 6) is -0.899. The first-order valence-corrected chi connectivity index (χ1v) is 17.3. The number of carbonyl (C=O) groups is 3. The second-order valence-corrected chi connectivity index (χ2v) is 11.6. The summed E-state index contributed by atoms with van der Waals surface area (Å²) in [5.41, 5.74) is 6.64. The molecular formula is C35H47Cl2N7O9. The van der Waals surface area contributed by atoms with Crippen LogP contribution in [0.3, 0.4) is 0 Å². The van der Waals surface area contributed by atoms with Gasteiger partial charge in [-0.2, -0.15) is 5.10 Å². The van der Waals surface area contributed by atoms with Gasteiger partial charge in [0.2, 0.25) is 11.8 Å². The van der Waals surface area contributed by atoms with E-state index in [0.29, 0.717) is 68.6 Å². The second-order valence-electron chi connectivity index (χ2n) is 10.8. The highest BCUT2D eigenvalue weighted by Gasteiger charge is 2.25. The van der Waals surface area contributed by atoms with Crippen molar-refractivity contribution >= 4 is 40.9 Å². The predicted octanol–water partition coefficient (Wildman–Crippen LogP) is 1.56. The first kappa shape index (κ1) is 44.7. The number of nitrogens with zero attached hydrogens (tertiary/aromatic N) is 3. The number of pyridine rings is 1. The van der Waals surface area contributed by atoms with Crippen molar-refractivity contribution in [1.29, 1.82) is 0 Å². The van der Waals surface area contributed by atoms with E-state index in [1.807, 2.05) is 0 Å². The van der Waals surface area contributed by atoms with Crippen molar-refractivity contribution in [3.05, 3.63) is 87.0 Å². The number of aryl methyl sites for hydroxylation is 1. The molecule has 1 aromatic carbocycles. The van der Waals surface area contributed by atoms with Gasteiger partial charge in [0.05, 0.1) is 73.6 Å². The molecule has 16 nitrogen and oxygen atoms in total. The molecule has 0 saturated carbocycles. The molecule has 53 heavy (non-hydrogen) atoms. The van der Waals surface area contributed by atoms with Crippen molar-refractivity contribution in [3.63, 3.8) is 0 Å². The van der Waals surface area contributed by atoms with E-state index in [1.54, 1.807) is 38.4 Å². The van der Waals surface area contributed by atoms with E-state index >= 15 is 0 Å². The number of hydrogen-bond acceptors (Lipinski definition) is 12. The molecule has 0 bridgehead atoms. The minimum Gasteiger partial charge on any atom is -0.489 e. The van der Waals surface area contributed by atoms with Crippen LogP contribution in [0.2, 0.25) is 10.0 Å². The largest absolute Gasteiger partial charge is 0.489 e. The maximum absolute atomic E-state index is 13.1. The number of likely N-dealkylation sites (N-methyl/N-ethyl adjacent to an activating group) is 1. The van der Waals surface area contributed by atoms with Gasteiger partial charge in [-0.25, -0.2) is 4.68 Å². The minimum atomic E-state index is -0.979. The lowest BCUT2D eigenvalue weighted by molar-refractivity contribution is -0.123. The van der Waals surface area contributed by atoms with Crippen LogP contribution in [0.1, 0.15) is 15.9 Å². The summed E-state index contributed by atoms with van der Waals surface area (Å²) in [4.78, 5) is 53.1. The van der Waals surface area contributed by atoms with E-state index < -0.39 is 17.9 Å². The Kier molecular flexibility index (Phi) is 21.6. The number of rotatable bonds is 22. The Bertz CT molecular complexity index is 1640. The van der Waals surface area contributed by atoms with Crippen LogP contribution in [0.4, 0.5) is 0 Å². The molecule has 0 spiro atoms. The molecule has 1 unspecified atom stereocenters. The van der Waals surface area contributed by atoms with Gasteiger partial charge in [0.1, 0.15) is 12.6 Å². The fourth-order valence-corrected chi connectivity index (χ4v) is 4.88. The smallest absolute Gasteiger partial charge is 0.278 e. The first-order valence-electron chi connectivity index (χ1n) is 16.5. The average Bonchev–Trinajstić information content (AvgIpc) is 3.15. The zero-order chi connectivity index (χ0) is 39.0. The number of benzene rings is 1. The van der Waals surface area contributed by atoms with Crippen LogP contribution in [0.5, 0.6) is 5.75 Å². The molecule has 1 atom stereocenters. The normalized spacial score (nSPS) is 11.1. The molecule has 2 heterocycles. The van der Waals surface area contributed by atoms with Crippen LogP contribution < -0.4 is 32.0 Å². The quantitative estimate of drug-likeness (QED) is 0.0847. The molecule has 18 heteroatoms. The fraction of sp³-hybridized carbons (Fsp3) is 0.429. The Hall–Kier alpha value is -4.42. The lowest BCUT2D eigenvalue weighted by Gasteiger charge is -2.19. The monoisotopic (exact) mass is 779 g/mol. The SMILES string of the molecule is C=CC(=O)NC.COCCNC(=O)C(Cc1ccc(-c2c(OCCOCCOCCOCCN)cnn(C)c2=O)cc1)NC(=O)c1c(Cl)cncc1Cl. The van der Waals surface area contributed by atoms with Crippen LogP contribution in [-0.4, -0.2) is 119 Å². The van der Waals surface area contributed by atoms with E-state index in [1.165, 1.54) is 36.5 Å². The van der Waals surface area contributed by atoms with E-state index in [0.717, 1.165) is 0 Å². The second kappa shape index (κ2) is 25.5. The van der Waals surface area contributed by atoms with E-state index in [4.69, 9.17) is 52.6 Å². The molecule has 3 amide bonds. The number of methoxy groups -OCH3 is 1. The van der Waals surface area contributed by atoms with E-state index in [9.17, 15) is 19.2 Å². The van der Waals surface area contributed by atoms with Gasteiger partial charge in [0.15, 0.2) is 5.75 Å². The third kappa shape index (κ3) is 16.0. The fourth-order valence-electron chi connectivity index (χ4n) is 4.35. The summed E-state index contributed by atoms with van der Waals surface area (Å²) in [6, 6.07) is 6.02. The molecule has 290 valence electrons. The lowest BCUT2D eigenvalue weighted by atomic mass is 10.0. The summed E-state index contributed by atoms with van der Waals surface area (Å²) in [6.45, 7) is 6.88. The third-order valence-corrected chi connectivity index (χ3v) is 7.59. The third-order valence-electron chi connectivity index (χ3n) is 7.02. The van der Waals surface area contributed by atoms with Crippen molar-refractivity contribution in [2.75, 3.05) is 80.1 Å². The van der Waals surface area contributed by atoms with Crippen molar-refractivity contribution in [3.8, 4) is 16.9 Å². The molecular weight excluding hydrogens is 733 g/mol. The maximum Gasteiger partial charge on any atom is 0.278 e. The zero-order valence-corrected chi connectivity index (χ0v) is 31.5. The number of ether oxygens (including phenoxy) is 5. The van der Waals surface area contributed by atoms with E-state index in [-0.39, 0.29) is 53.3 Å². The van der Waals surface area contributed by atoms with Crippen molar-refractivity contribution < 1.29 is 38.1 Å².